The van der Waals surface area contributed by atoms with E-state index < -0.39 is 5.24 Å². The van der Waals surface area contributed by atoms with E-state index in [0.717, 1.165) is 0 Å². The molecule has 74 valence electrons. The second kappa shape index (κ2) is 5.04. The first-order valence-corrected chi connectivity index (χ1v) is 5.04. The standard InChI is InChI=1S/C9H4Cl4O/c10-7(8(11)12)5-1-3-6(4-2-5)9(13)14/h1-4H. The van der Waals surface area contributed by atoms with Crippen LogP contribution in [0.15, 0.2) is 28.8 Å². The van der Waals surface area contributed by atoms with Crippen molar-refractivity contribution in [3.63, 3.8) is 0 Å². The van der Waals surface area contributed by atoms with E-state index in [0.29, 0.717) is 11.1 Å². The summed E-state index contributed by atoms with van der Waals surface area (Å²) < 4.78 is -0.0170. The number of hydrogen-bond donors (Lipinski definition) is 0. The fraction of sp³-hybridized carbons (Fsp3) is 0. The molecule has 0 aliphatic heterocycles. The summed E-state index contributed by atoms with van der Waals surface area (Å²) in [5.41, 5.74) is 1.03. The molecule has 14 heavy (non-hydrogen) atoms. The molecule has 0 aromatic heterocycles. The number of rotatable bonds is 2. The number of halogens is 4. The summed E-state index contributed by atoms with van der Waals surface area (Å²) in [6, 6.07) is 6.32. The van der Waals surface area contributed by atoms with Crippen molar-refractivity contribution >= 4 is 56.7 Å². The van der Waals surface area contributed by atoms with Gasteiger partial charge >= 0.3 is 0 Å². The molecule has 0 saturated carbocycles. The van der Waals surface area contributed by atoms with Crippen molar-refractivity contribution in [3.8, 4) is 0 Å². The molecule has 0 unspecified atom stereocenters. The maximum Gasteiger partial charge on any atom is 0.252 e. The normalized spacial score (nSPS) is 9.71. The molecule has 0 amide bonds. The highest BCUT2D eigenvalue weighted by atomic mass is 35.5. The predicted molar refractivity (Wildman–Crippen MR) is 61.1 cm³/mol. The maximum absolute atomic E-state index is 10.7. The van der Waals surface area contributed by atoms with Gasteiger partial charge in [0.2, 0.25) is 0 Å². The summed E-state index contributed by atoms with van der Waals surface area (Å²) in [6.07, 6.45) is 0. The van der Waals surface area contributed by atoms with Gasteiger partial charge in [0, 0.05) is 5.56 Å². The van der Waals surface area contributed by atoms with Gasteiger partial charge < -0.3 is 0 Å². The van der Waals surface area contributed by atoms with Crippen molar-refractivity contribution in [2.24, 2.45) is 0 Å². The lowest BCUT2D eigenvalue weighted by Gasteiger charge is -1.99. The molecule has 1 aromatic carbocycles. The Hall–Kier alpha value is -0.210. The maximum atomic E-state index is 10.7. The summed E-state index contributed by atoms with van der Waals surface area (Å²) in [7, 11) is 0. The zero-order valence-electron chi connectivity index (χ0n) is 6.73. The molecular weight excluding hydrogens is 266 g/mol. The first-order valence-electron chi connectivity index (χ1n) is 3.53. The largest absolute Gasteiger partial charge is 0.276 e. The van der Waals surface area contributed by atoms with Gasteiger partial charge in [-0.05, 0) is 29.3 Å². The van der Waals surface area contributed by atoms with Gasteiger partial charge in [-0.15, -0.1) is 0 Å². The summed E-state index contributed by atoms with van der Waals surface area (Å²) in [6.45, 7) is 0. The second-order valence-electron chi connectivity index (χ2n) is 2.43. The van der Waals surface area contributed by atoms with Crippen LogP contribution >= 0.6 is 46.4 Å². The van der Waals surface area contributed by atoms with Crippen LogP contribution in [0.2, 0.25) is 0 Å². The molecule has 5 heteroatoms. The Bertz CT molecular complexity index is 376. The minimum Gasteiger partial charge on any atom is -0.276 e. The topological polar surface area (TPSA) is 17.1 Å². The lowest BCUT2D eigenvalue weighted by atomic mass is 10.1. The Kier molecular flexibility index (Phi) is 4.27. The average Bonchev–Trinajstić information content (AvgIpc) is 2.16. The molecule has 0 aliphatic carbocycles. The summed E-state index contributed by atoms with van der Waals surface area (Å²) >= 11 is 22.0. The van der Waals surface area contributed by atoms with E-state index >= 15 is 0 Å². The van der Waals surface area contributed by atoms with Crippen molar-refractivity contribution in [1.82, 2.24) is 0 Å². The lowest BCUT2D eigenvalue weighted by molar-refractivity contribution is 0.108. The van der Waals surface area contributed by atoms with Crippen LogP contribution in [0.4, 0.5) is 0 Å². The smallest absolute Gasteiger partial charge is 0.252 e. The molecule has 1 nitrogen and oxygen atoms in total. The summed E-state index contributed by atoms with van der Waals surface area (Å²) in [4.78, 5) is 10.7. The van der Waals surface area contributed by atoms with Crippen LogP contribution in [0, 0.1) is 0 Å². The van der Waals surface area contributed by atoms with Gasteiger partial charge in [0.25, 0.3) is 5.24 Å². The Morgan fingerprint density at radius 1 is 0.857 bits per heavy atom. The van der Waals surface area contributed by atoms with Gasteiger partial charge in [-0.2, -0.15) is 0 Å². The van der Waals surface area contributed by atoms with E-state index in [9.17, 15) is 4.79 Å². The van der Waals surface area contributed by atoms with Crippen molar-refractivity contribution < 1.29 is 4.79 Å². The molecular formula is C9H4Cl4O. The molecule has 0 spiro atoms. The van der Waals surface area contributed by atoms with E-state index in [-0.39, 0.29) is 9.52 Å². The molecule has 1 rings (SSSR count). The third-order valence-electron chi connectivity index (χ3n) is 1.53. The SMILES string of the molecule is O=C(Cl)c1ccc(C(Cl)=C(Cl)Cl)cc1. The number of hydrogen-bond acceptors (Lipinski definition) is 1. The van der Waals surface area contributed by atoms with Gasteiger partial charge in [-0.25, -0.2) is 0 Å². The monoisotopic (exact) mass is 268 g/mol. The first kappa shape index (κ1) is 11.9. The average molecular weight is 270 g/mol. The minimum atomic E-state index is -0.520. The molecule has 0 bridgehead atoms. The van der Waals surface area contributed by atoms with Gasteiger partial charge in [0.1, 0.15) is 4.49 Å². The zero-order valence-corrected chi connectivity index (χ0v) is 9.75. The molecule has 0 N–H and O–H groups in total. The number of carbonyl (C=O) groups is 1. The van der Waals surface area contributed by atoms with Gasteiger partial charge in [-0.3, -0.25) is 4.79 Å². The Morgan fingerprint density at radius 3 is 1.64 bits per heavy atom. The third-order valence-corrected chi connectivity index (χ3v) is 2.73. The zero-order chi connectivity index (χ0) is 10.7. The molecule has 0 radical (unpaired) electrons. The Morgan fingerprint density at radius 2 is 1.29 bits per heavy atom. The van der Waals surface area contributed by atoms with Gasteiger partial charge in [0.05, 0.1) is 5.03 Å². The highest BCUT2D eigenvalue weighted by Crippen LogP contribution is 2.27. The van der Waals surface area contributed by atoms with E-state index in [1.807, 2.05) is 0 Å². The lowest BCUT2D eigenvalue weighted by Crippen LogP contribution is -1.88. The summed E-state index contributed by atoms with van der Waals surface area (Å²) in [5, 5.41) is -0.282. The molecule has 0 saturated heterocycles. The van der Waals surface area contributed by atoms with Gasteiger partial charge in [0.15, 0.2) is 0 Å². The fourth-order valence-corrected chi connectivity index (χ4v) is 1.33. The van der Waals surface area contributed by atoms with E-state index in [2.05, 4.69) is 0 Å². The minimum absolute atomic E-state index is 0.0170. The second-order valence-corrected chi connectivity index (χ2v) is 4.10. The summed E-state index contributed by atoms with van der Waals surface area (Å²) in [5.74, 6) is 0. The van der Waals surface area contributed by atoms with Crippen LogP contribution in [0.5, 0.6) is 0 Å². The quantitative estimate of drug-likeness (QED) is 0.727. The Balaban J connectivity index is 3.06. The molecule has 0 heterocycles. The van der Waals surface area contributed by atoms with Gasteiger partial charge in [-0.1, -0.05) is 46.9 Å². The number of carbonyl (C=O) groups excluding carboxylic acids is 1. The van der Waals surface area contributed by atoms with Crippen molar-refractivity contribution in [1.29, 1.82) is 0 Å². The predicted octanol–water partition coefficient (Wildman–Crippen LogP) is 4.41. The van der Waals surface area contributed by atoms with Crippen molar-refractivity contribution in [2.75, 3.05) is 0 Å². The van der Waals surface area contributed by atoms with Crippen LogP contribution in [0.25, 0.3) is 5.03 Å². The van der Waals surface area contributed by atoms with Crippen LogP contribution < -0.4 is 0 Å². The van der Waals surface area contributed by atoms with Crippen molar-refractivity contribution in [2.45, 2.75) is 0 Å². The highest BCUT2D eigenvalue weighted by molar-refractivity contribution is 6.68. The molecule has 0 atom stereocenters. The van der Waals surface area contributed by atoms with E-state index in [1.165, 1.54) is 0 Å². The van der Waals surface area contributed by atoms with E-state index in [1.54, 1.807) is 24.3 Å². The van der Waals surface area contributed by atoms with Crippen LogP contribution in [-0.2, 0) is 0 Å². The van der Waals surface area contributed by atoms with Crippen LogP contribution in [0.3, 0.4) is 0 Å². The molecule has 0 aliphatic rings. The Labute approximate surface area is 101 Å². The van der Waals surface area contributed by atoms with E-state index in [4.69, 9.17) is 46.4 Å². The molecule has 1 aromatic rings. The highest BCUT2D eigenvalue weighted by Gasteiger charge is 2.05. The first-order chi connectivity index (χ1) is 6.52. The van der Waals surface area contributed by atoms with Crippen LogP contribution in [-0.4, -0.2) is 5.24 Å². The van der Waals surface area contributed by atoms with Crippen molar-refractivity contribution in [3.05, 3.63) is 39.9 Å². The third kappa shape index (κ3) is 2.89. The number of benzene rings is 1. The molecule has 0 fully saturated rings. The van der Waals surface area contributed by atoms with Crippen LogP contribution in [0.1, 0.15) is 15.9 Å². The fourth-order valence-electron chi connectivity index (χ4n) is 0.857.